The van der Waals surface area contributed by atoms with Crippen LogP contribution in [0.3, 0.4) is 0 Å². The number of carbonyl (C=O) groups excluding carboxylic acids is 2. The Balaban J connectivity index is 0. The molecule has 0 saturated carbocycles. The van der Waals surface area contributed by atoms with E-state index in [4.69, 9.17) is 11.5 Å². The SMILES string of the molecule is NNC(N)=S.NNC(N)=S.O=Cc1ccccc1C=O. The molecule has 8 nitrogen and oxygen atoms in total. The third-order valence-corrected chi connectivity index (χ3v) is 1.77. The highest BCUT2D eigenvalue weighted by molar-refractivity contribution is 7.80. The number of hydrazine groups is 2. The summed E-state index contributed by atoms with van der Waals surface area (Å²) in [6.07, 6.45) is 1.34. The standard InChI is InChI=1S/C8H6O2.2CH5N3S/c9-5-7-3-1-2-4-8(7)6-10;2*2-1(5)4-3/h1-6H;2*3H2,(H3,2,4,5). The van der Waals surface area contributed by atoms with Crippen molar-refractivity contribution >= 4 is 47.2 Å². The van der Waals surface area contributed by atoms with E-state index in [2.05, 4.69) is 36.1 Å². The molecule has 1 rings (SSSR count). The lowest BCUT2D eigenvalue weighted by atomic mass is 10.1. The molecule has 0 aliphatic rings. The van der Waals surface area contributed by atoms with Crippen LogP contribution in [0.15, 0.2) is 24.3 Å². The van der Waals surface area contributed by atoms with Crippen molar-refractivity contribution < 1.29 is 9.59 Å². The third kappa shape index (κ3) is 12.3. The van der Waals surface area contributed by atoms with Gasteiger partial charge in [-0.25, -0.2) is 11.7 Å². The number of nitrogens with one attached hydrogen (secondary N) is 2. The Kier molecular flexibility index (Phi) is 13.4. The molecule has 10 N–H and O–H groups in total. The molecular weight excluding hydrogens is 300 g/mol. The van der Waals surface area contributed by atoms with E-state index >= 15 is 0 Å². The van der Waals surface area contributed by atoms with E-state index in [9.17, 15) is 9.59 Å². The van der Waals surface area contributed by atoms with E-state index in [1.807, 2.05) is 10.9 Å². The summed E-state index contributed by atoms with van der Waals surface area (Å²) in [5, 5.41) is 0.231. The van der Waals surface area contributed by atoms with E-state index in [0.29, 0.717) is 23.7 Å². The molecule has 0 aliphatic carbocycles. The van der Waals surface area contributed by atoms with Gasteiger partial charge in [0, 0.05) is 11.1 Å². The van der Waals surface area contributed by atoms with Gasteiger partial charge in [-0.1, -0.05) is 24.3 Å². The normalized spacial score (nSPS) is 7.70. The Labute approximate surface area is 126 Å². The molecule has 0 unspecified atom stereocenters. The van der Waals surface area contributed by atoms with Crippen molar-refractivity contribution in [3.63, 3.8) is 0 Å². The number of thiocarbonyl (C=S) groups is 2. The van der Waals surface area contributed by atoms with Gasteiger partial charge in [-0.2, -0.15) is 0 Å². The average molecular weight is 316 g/mol. The smallest absolute Gasteiger partial charge is 0.177 e. The molecule has 20 heavy (non-hydrogen) atoms. The molecule has 10 heteroatoms. The van der Waals surface area contributed by atoms with E-state index in [0.717, 1.165) is 0 Å². The van der Waals surface area contributed by atoms with Gasteiger partial charge in [0.1, 0.15) is 0 Å². The number of benzene rings is 1. The first kappa shape index (κ1) is 20.2. The summed E-state index contributed by atoms with van der Waals surface area (Å²) in [6, 6.07) is 6.65. The zero-order valence-electron chi connectivity index (χ0n) is 10.4. The van der Waals surface area contributed by atoms with Crippen LogP contribution in [0, 0.1) is 0 Å². The molecule has 0 saturated heterocycles. The van der Waals surface area contributed by atoms with Gasteiger partial charge < -0.3 is 22.3 Å². The Morgan fingerprint density at radius 2 is 1.15 bits per heavy atom. The molecule has 1 aromatic rings. The fraction of sp³-hybridized carbons (Fsp3) is 0. The molecular formula is C10H16N6O2S2. The highest BCUT2D eigenvalue weighted by atomic mass is 32.1. The van der Waals surface area contributed by atoms with Crippen LogP contribution in [-0.4, -0.2) is 22.8 Å². The molecule has 0 bridgehead atoms. The van der Waals surface area contributed by atoms with E-state index in [1.54, 1.807) is 24.3 Å². The average Bonchev–Trinajstić information content (AvgIpc) is 2.48. The Bertz CT molecular complexity index is 414. The molecule has 1 aromatic carbocycles. The molecule has 0 aromatic heterocycles. The fourth-order valence-electron chi connectivity index (χ4n) is 0.726. The summed E-state index contributed by atoms with van der Waals surface area (Å²) in [6.45, 7) is 0. The van der Waals surface area contributed by atoms with Crippen molar-refractivity contribution in [1.82, 2.24) is 10.9 Å². The summed E-state index contributed by atoms with van der Waals surface area (Å²) in [7, 11) is 0. The topological polar surface area (TPSA) is 162 Å². The largest absolute Gasteiger partial charge is 0.375 e. The zero-order chi connectivity index (χ0) is 16.0. The fourth-order valence-corrected chi connectivity index (χ4v) is 0.726. The second-order valence-electron chi connectivity index (χ2n) is 2.88. The highest BCUT2D eigenvalue weighted by Gasteiger charge is 1.95. The molecule has 0 atom stereocenters. The quantitative estimate of drug-likeness (QED) is 0.167. The Hall–Kier alpha value is -2.14. The molecule has 0 amide bonds. The first-order chi connectivity index (χ1) is 9.42. The van der Waals surface area contributed by atoms with Crippen LogP contribution >= 0.6 is 24.4 Å². The van der Waals surface area contributed by atoms with Gasteiger partial charge >= 0.3 is 0 Å². The molecule has 0 radical (unpaired) electrons. The third-order valence-electron chi connectivity index (χ3n) is 1.53. The van der Waals surface area contributed by atoms with Crippen molar-refractivity contribution in [3.8, 4) is 0 Å². The summed E-state index contributed by atoms with van der Waals surface area (Å²) in [4.78, 5) is 20.5. The minimum absolute atomic E-state index is 0.116. The Morgan fingerprint density at radius 3 is 1.30 bits per heavy atom. The minimum Gasteiger partial charge on any atom is -0.375 e. The summed E-state index contributed by atoms with van der Waals surface area (Å²) >= 11 is 8.48. The van der Waals surface area contributed by atoms with Crippen molar-refractivity contribution in [2.75, 3.05) is 0 Å². The number of hydrogen-bond acceptors (Lipinski definition) is 6. The van der Waals surface area contributed by atoms with Crippen LogP contribution < -0.4 is 34.0 Å². The van der Waals surface area contributed by atoms with Crippen LogP contribution in [0.1, 0.15) is 20.7 Å². The summed E-state index contributed by atoms with van der Waals surface area (Å²) in [5.74, 6) is 9.31. The van der Waals surface area contributed by atoms with Crippen molar-refractivity contribution in [2.45, 2.75) is 0 Å². The number of rotatable bonds is 2. The van der Waals surface area contributed by atoms with Crippen LogP contribution in [0.5, 0.6) is 0 Å². The minimum atomic E-state index is 0.116. The number of nitrogens with two attached hydrogens (primary N) is 4. The second kappa shape index (κ2) is 13.3. The predicted molar refractivity (Wildman–Crippen MR) is 85.4 cm³/mol. The lowest BCUT2D eigenvalue weighted by Crippen LogP contribution is -2.34. The van der Waals surface area contributed by atoms with Crippen LogP contribution in [0.2, 0.25) is 0 Å². The van der Waals surface area contributed by atoms with Gasteiger partial charge in [0.2, 0.25) is 0 Å². The van der Waals surface area contributed by atoms with Gasteiger partial charge in [0.25, 0.3) is 0 Å². The van der Waals surface area contributed by atoms with Crippen LogP contribution in [0.4, 0.5) is 0 Å². The van der Waals surface area contributed by atoms with Gasteiger partial charge in [-0.3, -0.25) is 9.59 Å². The van der Waals surface area contributed by atoms with Crippen molar-refractivity contribution in [2.24, 2.45) is 23.2 Å². The van der Waals surface area contributed by atoms with E-state index in [1.165, 1.54) is 0 Å². The van der Waals surface area contributed by atoms with Gasteiger partial charge in [0.15, 0.2) is 22.8 Å². The van der Waals surface area contributed by atoms with E-state index in [-0.39, 0.29) is 10.2 Å². The molecule has 0 spiro atoms. The summed E-state index contributed by atoms with van der Waals surface area (Å²) in [5.41, 5.74) is 14.5. The molecule has 0 aliphatic heterocycles. The van der Waals surface area contributed by atoms with Crippen molar-refractivity contribution in [1.29, 1.82) is 0 Å². The highest BCUT2D eigenvalue weighted by Crippen LogP contribution is 2.01. The van der Waals surface area contributed by atoms with Gasteiger partial charge in [-0.05, 0) is 24.4 Å². The lowest BCUT2D eigenvalue weighted by Gasteiger charge is -1.91. The predicted octanol–water partition coefficient (Wildman–Crippen LogP) is -1.30. The monoisotopic (exact) mass is 316 g/mol. The van der Waals surface area contributed by atoms with Crippen LogP contribution in [0.25, 0.3) is 0 Å². The maximum Gasteiger partial charge on any atom is 0.177 e. The first-order valence-electron chi connectivity index (χ1n) is 4.94. The van der Waals surface area contributed by atoms with E-state index < -0.39 is 0 Å². The number of carbonyl (C=O) groups is 2. The van der Waals surface area contributed by atoms with Crippen molar-refractivity contribution in [3.05, 3.63) is 35.4 Å². The first-order valence-corrected chi connectivity index (χ1v) is 5.76. The van der Waals surface area contributed by atoms with Gasteiger partial charge in [-0.15, -0.1) is 0 Å². The second-order valence-corrected chi connectivity index (χ2v) is 3.76. The van der Waals surface area contributed by atoms with Gasteiger partial charge in [0.05, 0.1) is 0 Å². The maximum absolute atomic E-state index is 10.2. The lowest BCUT2D eigenvalue weighted by molar-refractivity contribution is 0.109. The number of aldehydes is 2. The number of hydrogen-bond donors (Lipinski definition) is 6. The maximum atomic E-state index is 10.2. The Morgan fingerprint density at radius 1 is 0.900 bits per heavy atom. The molecule has 0 fully saturated rings. The molecule has 0 heterocycles. The zero-order valence-corrected chi connectivity index (χ0v) is 12.0. The molecule has 110 valence electrons. The van der Waals surface area contributed by atoms with Crippen LogP contribution in [-0.2, 0) is 0 Å². The summed E-state index contributed by atoms with van der Waals surface area (Å²) < 4.78 is 0.